The first kappa shape index (κ1) is 43.5. The maximum Gasteiger partial charge on any atom is 0.387 e. The van der Waals surface area contributed by atoms with Gasteiger partial charge in [0.1, 0.15) is 40.7 Å². The predicted molar refractivity (Wildman–Crippen MR) is 202 cm³/mol. The Morgan fingerprint density at radius 1 is 0.912 bits per heavy atom. The predicted octanol–water partition coefficient (Wildman–Crippen LogP) is 6.55. The number of rotatable bonds is 20. The number of benzene rings is 2. The van der Waals surface area contributed by atoms with Crippen molar-refractivity contribution in [2.24, 2.45) is 11.8 Å². The normalized spacial score (nSPS) is 14.5. The van der Waals surface area contributed by atoms with Crippen LogP contribution in [0.1, 0.15) is 80.5 Å². The first-order valence-electron chi connectivity index (χ1n) is 18.0. The Bertz CT molecular complexity index is 1990. The molecule has 0 N–H and O–H groups in total. The summed E-state index contributed by atoms with van der Waals surface area (Å²) in [6, 6.07) is 7.95. The van der Waals surface area contributed by atoms with Gasteiger partial charge in [0, 0.05) is 12.0 Å². The zero-order valence-corrected chi connectivity index (χ0v) is 33.7. The quantitative estimate of drug-likeness (QED) is 0.0428. The Hall–Kier alpha value is -4.61. The largest absolute Gasteiger partial charge is 0.619 e. The number of anilines is 1. The SMILES string of the molecule is CC(C)(C)OC(=O)CN(c1ccc(C(=O)OCCC(=O)O[C@@H](Cc2c(Cl)c[n+]([O-])cc2Cl)c2ccc(OC(F)F)c(OCC3CC3)c2)cc1OCC1CC1)[SH](=O)=O. The lowest BCUT2D eigenvalue weighted by Gasteiger charge is -2.24. The second kappa shape index (κ2) is 19.2. The molecule has 1 atom stereocenters. The molecule has 5 rings (SSSR count). The minimum absolute atomic E-state index is 0.00101. The first-order chi connectivity index (χ1) is 26.9. The molecule has 1 aromatic heterocycles. The van der Waals surface area contributed by atoms with Gasteiger partial charge < -0.3 is 33.6 Å². The third-order valence-corrected chi connectivity index (χ3v) is 9.93. The summed E-state index contributed by atoms with van der Waals surface area (Å²) in [6.07, 6.45) is 4.13. The topological polar surface area (TPSA) is 171 Å². The summed E-state index contributed by atoms with van der Waals surface area (Å²) < 4.78 is 84.9. The zero-order chi connectivity index (χ0) is 41.4. The highest BCUT2D eigenvalue weighted by atomic mass is 35.5. The Morgan fingerprint density at radius 2 is 1.54 bits per heavy atom. The van der Waals surface area contributed by atoms with Crippen molar-refractivity contribution in [1.82, 2.24) is 0 Å². The Balaban J connectivity index is 1.30. The molecular formula is C38H42Cl2F2N2O12S. The van der Waals surface area contributed by atoms with E-state index in [-0.39, 0.29) is 75.6 Å². The summed E-state index contributed by atoms with van der Waals surface area (Å²) in [6.45, 7) is 1.25. The van der Waals surface area contributed by atoms with Crippen molar-refractivity contribution in [3.05, 3.63) is 80.7 Å². The number of ether oxygens (including phenoxy) is 6. The molecule has 1 heterocycles. The molecule has 0 radical (unpaired) electrons. The van der Waals surface area contributed by atoms with E-state index < -0.39 is 66.7 Å². The third-order valence-electron chi connectivity index (χ3n) is 8.53. The van der Waals surface area contributed by atoms with Gasteiger partial charge in [-0.25, -0.2) is 13.2 Å². The Labute approximate surface area is 339 Å². The summed E-state index contributed by atoms with van der Waals surface area (Å²) in [4.78, 5) is 38.9. The zero-order valence-electron chi connectivity index (χ0n) is 31.3. The van der Waals surface area contributed by atoms with E-state index >= 15 is 0 Å². The van der Waals surface area contributed by atoms with Gasteiger partial charge in [-0.3, -0.25) is 13.9 Å². The number of aromatic nitrogens is 1. The van der Waals surface area contributed by atoms with Gasteiger partial charge in [0.05, 0.1) is 30.9 Å². The molecule has 310 valence electrons. The number of hydrogen-bond donors (Lipinski definition) is 1. The molecular weight excluding hydrogens is 817 g/mol. The van der Waals surface area contributed by atoms with Crippen LogP contribution in [0.5, 0.6) is 17.2 Å². The molecule has 57 heavy (non-hydrogen) atoms. The van der Waals surface area contributed by atoms with Gasteiger partial charge in [0.25, 0.3) is 0 Å². The first-order valence-corrected chi connectivity index (χ1v) is 19.9. The minimum atomic E-state index is -3.33. The highest BCUT2D eigenvalue weighted by Gasteiger charge is 2.29. The van der Waals surface area contributed by atoms with E-state index in [4.69, 9.17) is 46.9 Å². The van der Waals surface area contributed by atoms with E-state index in [0.29, 0.717) is 10.3 Å². The van der Waals surface area contributed by atoms with Crippen LogP contribution >= 0.6 is 23.2 Å². The van der Waals surface area contributed by atoms with E-state index in [0.717, 1.165) is 42.4 Å². The van der Waals surface area contributed by atoms with Gasteiger partial charge in [-0.1, -0.05) is 29.3 Å². The van der Waals surface area contributed by atoms with E-state index in [9.17, 15) is 36.8 Å². The van der Waals surface area contributed by atoms with Gasteiger partial charge in [0.2, 0.25) is 10.9 Å². The van der Waals surface area contributed by atoms with Crippen molar-refractivity contribution in [2.75, 3.05) is 30.7 Å². The number of hydrogen-bond acceptors (Lipinski definition) is 12. The molecule has 2 aliphatic carbocycles. The van der Waals surface area contributed by atoms with Crippen LogP contribution in [0, 0.1) is 17.0 Å². The summed E-state index contributed by atoms with van der Waals surface area (Å²) in [5.41, 5.74) is -0.303. The van der Waals surface area contributed by atoms with E-state index in [1.165, 1.54) is 36.4 Å². The van der Waals surface area contributed by atoms with Crippen molar-refractivity contribution < 1.29 is 64.7 Å². The molecule has 0 aliphatic heterocycles. The highest BCUT2D eigenvalue weighted by Crippen LogP contribution is 2.38. The minimum Gasteiger partial charge on any atom is -0.619 e. The number of nitrogens with zero attached hydrogens (tertiary/aromatic N) is 2. The molecule has 14 nitrogen and oxygen atoms in total. The number of alkyl halides is 2. The number of thiol groups is 1. The molecule has 2 aromatic carbocycles. The molecule has 2 saturated carbocycles. The van der Waals surface area contributed by atoms with Crippen molar-refractivity contribution in [1.29, 1.82) is 0 Å². The number of pyridine rings is 1. The van der Waals surface area contributed by atoms with Gasteiger partial charge in [-0.2, -0.15) is 13.5 Å². The average molecular weight is 860 g/mol. The second-order valence-corrected chi connectivity index (χ2v) is 16.3. The number of esters is 3. The molecule has 0 saturated heterocycles. The van der Waals surface area contributed by atoms with Gasteiger partial charge in [-0.05, 0) is 94.2 Å². The van der Waals surface area contributed by atoms with Crippen molar-refractivity contribution in [3.63, 3.8) is 0 Å². The number of halogens is 4. The Morgan fingerprint density at radius 3 is 2.12 bits per heavy atom. The smallest absolute Gasteiger partial charge is 0.387 e. The van der Waals surface area contributed by atoms with Crippen LogP contribution < -0.4 is 23.2 Å². The van der Waals surface area contributed by atoms with E-state index in [2.05, 4.69) is 4.74 Å². The van der Waals surface area contributed by atoms with Crippen LogP contribution in [0.2, 0.25) is 10.0 Å². The lowest BCUT2D eigenvalue weighted by molar-refractivity contribution is -0.605. The molecule has 3 aromatic rings. The summed E-state index contributed by atoms with van der Waals surface area (Å²) >= 11 is 12.7. The van der Waals surface area contributed by atoms with Crippen molar-refractivity contribution in [3.8, 4) is 17.2 Å². The maximum absolute atomic E-state index is 13.2. The second-order valence-electron chi connectivity index (χ2n) is 14.5. The van der Waals surface area contributed by atoms with Gasteiger partial charge >= 0.3 is 24.5 Å². The molecule has 2 fully saturated rings. The number of carbonyl (C=O) groups excluding carboxylic acids is 3. The van der Waals surface area contributed by atoms with Gasteiger partial charge in [0.15, 0.2) is 23.9 Å². The molecule has 19 heteroatoms. The van der Waals surface area contributed by atoms with Crippen LogP contribution in [-0.2, 0) is 41.1 Å². The number of carbonyl (C=O) groups is 3. The molecule has 2 aliphatic rings. The van der Waals surface area contributed by atoms with E-state index in [1.807, 2.05) is 0 Å². The maximum atomic E-state index is 13.2. The lowest BCUT2D eigenvalue weighted by Crippen LogP contribution is -2.34. The molecule has 0 spiro atoms. The van der Waals surface area contributed by atoms with Crippen LogP contribution in [0.15, 0.2) is 48.8 Å². The fourth-order valence-electron chi connectivity index (χ4n) is 5.38. The van der Waals surface area contributed by atoms with Gasteiger partial charge in [-0.15, -0.1) is 0 Å². The fourth-order valence-corrected chi connectivity index (χ4v) is 6.55. The average Bonchev–Trinajstić information content (AvgIpc) is 4.05. The highest BCUT2D eigenvalue weighted by molar-refractivity contribution is 7.74. The van der Waals surface area contributed by atoms with Crippen LogP contribution in [0.3, 0.4) is 0 Å². The molecule has 0 bridgehead atoms. The monoisotopic (exact) mass is 858 g/mol. The molecule has 0 amide bonds. The van der Waals surface area contributed by atoms with Crippen molar-refractivity contribution in [2.45, 2.75) is 77.6 Å². The Kier molecular flexibility index (Phi) is 14.7. The summed E-state index contributed by atoms with van der Waals surface area (Å²) in [5.74, 6) is -2.16. The summed E-state index contributed by atoms with van der Waals surface area (Å²) in [7, 11) is -3.33. The molecule has 0 unspecified atom stereocenters. The van der Waals surface area contributed by atoms with Crippen LogP contribution in [0.4, 0.5) is 14.5 Å². The lowest BCUT2D eigenvalue weighted by atomic mass is 10.0. The van der Waals surface area contributed by atoms with Crippen LogP contribution in [-0.4, -0.2) is 64.9 Å². The fraction of sp³-hybridized carbons (Fsp3) is 0.474. The van der Waals surface area contributed by atoms with E-state index in [1.54, 1.807) is 20.8 Å². The summed E-state index contributed by atoms with van der Waals surface area (Å²) in [5, 5.41) is 11.9. The third kappa shape index (κ3) is 13.5. The standard InChI is InChI=1S/C38H42Cl2F2N2O12S/c1-38(2,3)56-35(46)19-44(57(49)50)29-10-8-25(15-32(29)52-20-22-4-5-22)36(47)51-13-12-34(45)54-31(16-26-27(39)17-43(48)18-28(26)40)24-9-11-30(55-37(41)42)33(14-24)53-21-23-6-7-23/h8-11,14-15,17-18,22-23,31,37,57H,4-7,12-13,16,19-21H2,1-3H3/t31-/m0/s1. The van der Waals surface area contributed by atoms with Crippen molar-refractivity contribution >= 4 is 57.7 Å². The van der Waals surface area contributed by atoms with Crippen LogP contribution in [0.25, 0.3) is 0 Å².